The van der Waals surface area contributed by atoms with Gasteiger partial charge in [0.1, 0.15) is 4.21 Å². The molecule has 1 saturated heterocycles. The van der Waals surface area contributed by atoms with E-state index in [1.54, 1.807) is 27.8 Å². The molecule has 1 spiro atoms. The first-order valence-electron chi connectivity index (χ1n) is 8.74. The fourth-order valence-electron chi connectivity index (χ4n) is 4.40. The van der Waals surface area contributed by atoms with Crippen LogP contribution < -0.4 is 0 Å². The van der Waals surface area contributed by atoms with Crippen molar-refractivity contribution >= 4 is 32.7 Å². The Morgan fingerprint density at radius 2 is 2.15 bits per heavy atom. The standard InChI is InChI=1S/C18H19N3O2S3/c22-26(23,15-4-2-9-25-15)21-8-7-18(12-21)6-1-3-14-16(19-20-17(14)18)13-5-10-24-11-13/h2,4-5,9-11H,1,3,6-8,12H2,(H,19,20). The second kappa shape index (κ2) is 6.02. The van der Waals surface area contributed by atoms with E-state index in [-0.39, 0.29) is 5.41 Å². The summed E-state index contributed by atoms with van der Waals surface area (Å²) < 4.78 is 28.0. The molecule has 1 atom stereocenters. The summed E-state index contributed by atoms with van der Waals surface area (Å²) in [6.45, 7) is 1.12. The van der Waals surface area contributed by atoms with Gasteiger partial charge in [0.25, 0.3) is 10.0 Å². The molecule has 8 heteroatoms. The van der Waals surface area contributed by atoms with Crippen LogP contribution in [-0.2, 0) is 21.9 Å². The summed E-state index contributed by atoms with van der Waals surface area (Å²) in [5.74, 6) is 0. The number of hydrogen-bond acceptors (Lipinski definition) is 5. The minimum Gasteiger partial charge on any atom is -0.281 e. The molecule has 26 heavy (non-hydrogen) atoms. The minimum absolute atomic E-state index is 0.126. The van der Waals surface area contributed by atoms with Crippen molar-refractivity contribution in [1.29, 1.82) is 0 Å². The number of hydrogen-bond donors (Lipinski definition) is 1. The Kier molecular flexibility index (Phi) is 3.86. The Morgan fingerprint density at radius 3 is 2.92 bits per heavy atom. The first-order valence-corrected chi connectivity index (χ1v) is 12.0. The Morgan fingerprint density at radius 1 is 1.23 bits per heavy atom. The summed E-state index contributed by atoms with van der Waals surface area (Å²) in [6, 6.07) is 5.59. The molecule has 3 aromatic rings. The quantitative estimate of drug-likeness (QED) is 0.719. The highest BCUT2D eigenvalue weighted by Gasteiger charge is 2.48. The number of sulfonamides is 1. The maximum atomic E-state index is 12.9. The predicted molar refractivity (Wildman–Crippen MR) is 104 cm³/mol. The van der Waals surface area contributed by atoms with Crippen LogP contribution in [0.4, 0.5) is 0 Å². The number of H-pyrrole nitrogens is 1. The summed E-state index contributed by atoms with van der Waals surface area (Å²) in [7, 11) is -3.39. The molecule has 5 rings (SSSR count). The van der Waals surface area contributed by atoms with Gasteiger partial charge in [0.2, 0.25) is 0 Å². The lowest BCUT2D eigenvalue weighted by Gasteiger charge is -2.33. The highest BCUT2D eigenvalue weighted by molar-refractivity contribution is 7.91. The SMILES string of the molecule is O=S(=O)(c1cccs1)N1CCC2(CCCc3c(-c4ccsc4)n[nH]c32)C1. The first kappa shape index (κ1) is 16.7. The van der Waals surface area contributed by atoms with Crippen molar-refractivity contribution < 1.29 is 8.42 Å². The van der Waals surface area contributed by atoms with Crippen LogP contribution in [0, 0.1) is 0 Å². The average molecular weight is 406 g/mol. The van der Waals surface area contributed by atoms with Crippen molar-refractivity contribution in [1.82, 2.24) is 14.5 Å². The van der Waals surface area contributed by atoms with Crippen LogP contribution in [0.5, 0.6) is 0 Å². The minimum atomic E-state index is -3.39. The van der Waals surface area contributed by atoms with E-state index in [4.69, 9.17) is 0 Å². The van der Waals surface area contributed by atoms with Crippen molar-refractivity contribution in [3.63, 3.8) is 0 Å². The van der Waals surface area contributed by atoms with Crippen LogP contribution in [0.25, 0.3) is 11.3 Å². The number of nitrogens with one attached hydrogen (secondary N) is 1. The van der Waals surface area contributed by atoms with Gasteiger partial charge in [0.15, 0.2) is 0 Å². The van der Waals surface area contributed by atoms with E-state index < -0.39 is 10.0 Å². The van der Waals surface area contributed by atoms with Gasteiger partial charge >= 0.3 is 0 Å². The maximum Gasteiger partial charge on any atom is 0.252 e. The monoisotopic (exact) mass is 405 g/mol. The van der Waals surface area contributed by atoms with E-state index in [1.807, 2.05) is 5.38 Å². The second-order valence-electron chi connectivity index (χ2n) is 7.09. The first-order chi connectivity index (χ1) is 12.6. The maximum absolute atomic E-state index is 12.9. The van der Waals surface area contributed by atoms with Crippen molar-refractivity contribution in [2.75, 3.05) is 13.1 Å². The number of nitrogens with zero attached hydrogens (tertiary/aromatic N) is 2. The van der Waals surface area contributed by atoms with Gasteiger partial charge in [0.05, 0.1) is 5.69 Å². The van der Waals surface area contributed by atoms with E-state index in [0.717, 1.165) is 42.6 Å². The highest BCUT2D eigenvalue weighted by Crippen LogP contribution is 2.46. The zero-order chi connectivity index (χ0) is 17.8. The molecule has 0 amide bonds. The van der Waals surface area contributed by atoms with Gasteiger partial charge in [0, 0.05) is 40.7 Å². The molecule has 1 aliphatic carbocycles. The van der Waals surface area contributed by atoms with Gasteiger partial charge in [-0.25, -0.2) is 8.42 Å². The second-order valence-corrected chi connectivity index (χ2v) is 11.0. The molecule has 1 N–H and O–H groups in total. The van der Waals surface area contributed by atoms with E-state index >= 15 is 0 Å². The van der Waals surface area contributed by atoms with Gasteiger partial charge in [-0.3, -0.25) is 5.10 Å². The van der Waals surface area contributed by atoms with Gasteiger partial charge in [-0.15, -0.1) is 11.3 Å². The zero-order valence-corrected chi connectivity index (χ0v) is 16.6. The molecule has 0 bridgehead atoms. The molecule has 5 nitrogen and oxygen atoms in total. The zero-order valence-electron chi connectivity index (χ0n) is 14.1. The predicted octanol–water partition coefficient (Wildman–Crippen LogP) is 3.87. The third-order valence-electron chi connectivity index (χ3n) is 5.68. The molecule has 136 valence electrons. The molecular weight excluding hydrogens is 386 g/mol. The van der Waals surface area contributed by atoms with Crippen molar-refractivity contribution in [3.05, 3.63) is 45.6 Å². The largest absolute Gasteiger partial charge is 0.281 e. The van der Waals surface area contributed by atoms with Crippen LogP contribution in [0.15, 0.2) is 38.5 Å². The molecule has 1 unspecified atom stereocenters. The van der Waals surface area contributed by atoms with E-state index in [9.17, 15) is 8.42 Å². The normalized spacial score (nSPS) is 23.5. The number of thiophene rings is 2. The van der Waals surface area contributed by atoms with Gasteiger partial charge in [-0.2, -0.15) is 20.7 Å². The summed E-state index contributed by atoms with van der Waals surface area (Å²) >= 11 is 2.97. The molecule has 0 aromatic carbocycles. The Labute approximate surface area is 160 Å². The van der Waals surface area contributed by atoms with E-state index in [1.165, 1.54) is 16.9 Å². The lowest BCUT2D eigenvalue weighted by atomic mass is 9.72. The van der Waals surface area contributed by atoms with Gasteiger partial charge in [-0.1, -0.05) is 6.07 Å². The number of fused-ring (bicyclic) bond motifs is 2. The van der Waals surface area contributed by atoms with Crippen LogP contribution in [0.3, 0.4) is 0 Å². The Hall–Kier alpha value is -1.48. The Balaban J connectivity index is 1.51. The number of aromatic amines is 1. The molecular formula is C18H19N3O2S3. The summed E-state index contributed by atoms with van der Waals surface area (Å²) in [5, 5.41) is 13.9. The number of aromatic nitrogens is 2. The van der Waals surface area contributed by atoms with E-state index in [0.29, 0.717) is 17.3 Å². The smallest absolute Gasteiger partial charge is 0.252 e. The summed E-state index contributed by atoms with van der Waals surface area (Å²) in [5.41, 5.74) is 4.52. The lowest BCUT2D eigenvalue weighted by molar-refractivity contribution is 0.358. The molecule has 2 aliphatic rings. The average Bonchev–Trinajstić information content (AvgIpc) is 3.41. The van der Waals surface area contributed by atoms with Crippen LogP contribution >= 0.6 is 22.7 Å². The van der Waals surface area contributed by atoms with Crippen molar-refractivity contribution in [3.8, 4) is 11.3 Å². The van der Waals surface area contributed by atoms with E-state index in [2.05, 4.69) is 27.0 Å². The molecule has 1 fully saturated rings. The third-order valence-corrected chi connectivity index (χ3v) is 9.58. The van der Waals surface area contributed by atoms with Gasteiger partial charge < -0.3 is 0 Å². The number of rotatable bonds is 3. The highest BCUT2D eigenvalue weighted by atomic mass is 32.2. The molecule has 1 aliphatic heterocycles. The fourth-order valence-corrected chi connectivity index (χ4v) is 7.71. The van der Waals surface area contributed by atoms with Crippen molar-refractivity contribution in [2.45, 2.75) is 35.3 Å². The topological polar surface area (TPSA) is 66.1 Å². The van der Waals surface area contributed by atoms with Gasteiger partial charge in [-0.05, 0) is 48.6 Å². The molecule has 0 saturated carbocycles. The summed E-state index contributed by atoms with van der Waals surface area (Å²) in [4.78, 5) is 0. The fraction of sp³-hybridized carbons (Fsp3) is 0.389. The lowest BCUT2D eigenvalue weighted by Crippen LogP contribution is -2.36. The Bertz CT molecular complexity index is 1020. The van der Waals surface area contributed by atoms with Crippen LogP contribution in [0.2, 0.25) is 0 Å². The van der Waals surface area contributed by atoms with Crippen LogP contribution in [0.1, 0.15) is 30.5 Å². The van der Waals surface area contributed by atoms with Crippen molar-refractivity contribution in [2.24, 2.45) is 0 Å². The molecule has 3 aromatic heterocycles. The molecule has 4 heterocycles. The van der Waals surface area contributed by atoms with Crippen LogP contribution in [-0.4, -0.2) is 36.0 Å². The summed E-state index contributed by atoms with van der Waals surface area (Å²) in [6.07, 6.45) is 3.96. The molecule has 0 radical (unpaired) electrons. The third kappa shape index (κ3) is 2.43.